The molecule has 0 amide bonds. The van der Waals surface area contributed by atoms with Crippen LogP contribution in [-0.4, -0.2) is 9.55 Å². The smallest absolute Gasteiger partial charge is 0.261 e. The second-order valence-electron chi connectivity index (χ2n) is 5.67. The number of hydrogen-bond acceptors (Lipinski definition) is 2. The molecule has 0 N–H and O–H groups in total. The molecule has 0 aliphatic rings. The second kappa shape index (κ2) is 6.14. The Hall–Kier alpha value is -2.42. The first-order valence-electron chi connectivity index (χ1n) is 7.74. The summed E-state index contributed by atoms with van der Waals surface area (Å²) in [4.78, 5) is 17.7. The third-order valence-electron chi connectivity index (χ3n) is 4.13. The number of rotatable bonds is 4. The highest BCUT2D eigenvalue weighted by Crippen LogP contribution is 2.19. The number of para-hydroxylation sites is 1. The maximum atomic E-state index is 12.9. The molecule has 0 spiro atoms. The first kappa shape index (κ1) is 14.5. The molecular formula is C19H20N2O. The van der Waals surface area contributed by atoms with E-state index in [4.69, 9.17) is 4.98 Å². The van der Waals surface area contributed by atoms with E-state index in [0.717, 1.165) is 23.3 Å². The molecule has 3 aromatic rings. The Labute approximate surface area is 130 Å². The molecule has 1 heterocycles. The summed E-state index contributed by atoms with van der Waals surface area (Å²) in [6, 6.07) is 17.7. The van der Waals surface area contributed by atoms with Crippen molar-refractivity contribution in [3.63, 3.8) is 0 Å². The van der Waals surface area contributed by atoms with Gasteiger partial charge in [0, 0.05) is 5.92 Å². The Morgan fingerprint density at radius 2 is 1.73 bits per heavy atom. The molecule has 3 rings (SSSR count). The highest BCUT2D eigenvalue weighted by atomic mass is 16.1. The van der Waals surface area contributed by atoms with Gasteiger partial charge in [-0.25, -0.2) is 4.98 Å². The molecule has 3 nitrogen and oxygen atoms in total. The van der Waals surface area contributed by atoms with E-state index in [1.807, 2.05) is 59.2 Å². The van der Waals surface area contributed by atoms with Crippen LogP contribution in [0, 0.1) is 0 Å². The van der Waals surface area contributed by atoms with Gasteiger partial charge in [0.15, 0.2) is 0 Å². The second-order valence-corrected chi connectivity index (χ2v) is 5.67. The average Bonchev–Trinajstić information content (AvgIpc) is 2.57. The summed E-state index contributed by atoms with van der Waals surface area (Å²) in [5.41, 5.74) is 1.95. The van der Waals surface area contributed by atoms with E-state index in [2.05, 4.69) is 13.8 Å². The van der Waals surface area contributed by atoms with Gasteiger partial charge in [-0.15, -0.1) is 0 Å². The quantitative estimate of drug-likeness (QED) is 0.729. The average molecular weight is 292 g/mol. The molecule has 2 aromatic carbocycles. The van der Waals surface area contributed by atoms with Crippen molar-refractivity contribution < 1.29 is 0 Å². The van der Waals surface area contributed by atoms with Crippen LogP contribution in [0.5, 0.6) is 0 Å². The molecule has 0 aliphatic carbocycles. The van der Waals surface area contributed by atoms with Crippen molar-refractivity contribution >= 4 is 10.9 Å². The molecular weight excluding hydrogens is 272 g/mol. The zero-order chi connectivity index (χ0) is 15.5. The van der Waals surface area contributed by atoms with Crippen molar-refractivity contribution in [2.45, 2.75) is 32.7 Å². The van der Waals surface area contributed by atoms with Crippen LogP contribution in [0.3, 0.4) is 0 Å². The minimum atomic E-state index is 0.0461. The fourth-order valence-electron chi connectivity index (χ4n) is 2.66. The molecule has 1 aromatic heterocycles. The topological polar surface area (TPSA) is 34.9 Å². The number of benzene rings is 2. The largest absolute Gasteiger partial charge is 0.291 e. The summed E-state index contributed by atoms with van der Waals surface area (Å²) in [6.45, 7) is 4.81. The van der Waals surface area contributed by atoms with E-state index >= 15 is 0 Å². The van der Waals surface area contributed by atoms with E-state index < -0.39 is 0 Å². The minimum Gasteiger partial charge on any atom is -0.291 e. The van der Waals surface area contributed by atoms with E-state index in [1.165, 1.54) is 0 Å². The Bertz CT molecular complexity index is 837. The minimum absolute atomic E-state index is 0.0461. The Morgan fingerprint density at radius 3 is 2.45 bits per heavy atom. The third kappa shape index (κ3) is 2.67. The lowest BCUT2D eigenvalue weighted by Crippen LogP contribution is -2.27. The van der Waals surface area contributed by atoms with Crippen LogP contribution in [0.4, 0.5) is 0 Å². The molecule has 0 aliphatic heterocycles. The molecule has 0 fully saturated rings. The zero-order valence-corrected chi connectivity index (χ0v) is 13.0. The molecule has 1 unspecified atom stereocenters. The lowest BCUT2D eigenvalue weighted by Gasteiger charge is -2.17. The van der Waals surface area contributed by atoms with E-state index in [0.29, 0.717) is 11.9 Å². The monoisotopic (exact) mass is 292 g/mol. The van der Waals surface area contributed by atoms with Gasteiger partial charge < -0.3 is 0 Å². The maximum absolute atomic E-state index is 12.9. The van der Waals surface area contributed by atoms with Gasteiger partial charge in [-0.1, -0.05) is 56.3 Å². The number of hydrogen-bond donors (Lipinski definition) is 0. The van der Waals surface area contributed by atoms with Crippen molar-refractivity contribution in [3.8, 4) is 0 Å². The van der Waals surface area contributed by atoms with Crippen molar-refractivity contribution in [3.05, 3.63) is 76.3 Å². The summed E-state index contributed by atoms with van der Waals surface area (Å²) < 4.78 is 1.83. The van der Waals surface area contributed by atoms with Crippen molar-refractivity contribution in [2.75, 3.05) is 0 Å². The van der Waals surface area contributed by atoms with Crippen molar-refractivity contribution in [2.24, 2.45) is 0 Å². The summed E-state index contributed by atoms with van der Waals surface area (Å²) in [6.07, 6.45) is 0.958. The molecule has 1 atom stereocenters. The predicted octanol–water partition coefficient (Wildman–Crippen LogP) is 3.96. The summed E-state index contributed by atoms with van der Waals surface area (Å²) in [7, 11) is 0. The molecule has 0 radical (unpaired) electrons. The van der Waals surface area contributed by atoms with Crippen LogP contribution in [-0.2, 0) is 6.54 Å². The van der Waals surface area contributed by atoms with Gasteiger partial charge in [0.25, 0.3) is 5.56 Å². The normalized spacial score (nSPS) is 12.5. The number of fused-ring (bicyclic) bond motifs is 1. The van der Waals surface area contributed by atoms with E-state index in [-0.39, 0.29) is 11.5 Å². The first-order chi connectivity index (χ1) is 10.7. The Morgan fingerprint density at radius 1 is 1.05 bits per heavy atom. The van der Waals surface area contributed by atoms with Crippen molar-refractivity contribution in [1.29, 1.82) is 0 Å². The summed E-state index contributed by atoms with van der Waals surface area (Å²) in [5.74, 6) is 1.12. The zero-order valence-electron chi connectivity index (χ0n) is 13.0. The highest BCUT2D eigenvalue weighted by Gasteiger charge is 2.15. The standard InChI is InChI=1S/C19H20N2O/c1-3-14(2)18-20-17-12-8-7-11-16(17)19(22)21(18)13-15-9-5-4-6-10-15/h4-12,14H,3,13H2,1-2H3. The van der Waals surface area contributed by atoms with Crippen LogP contribution in [0.1, 0.15) is 37.6 Å². The highest BCUT2D eigenvalue weighted by molar-refractivity contribution is 5.77. The predicted molar refractivity (Wildman–Crippen MR) is 90.3 cm³/mol. The van der Waals surface area contributed by atoms with Gasteiger partial charge in [-0.2, -0.15) is 0 Å². The van der Waals surface area contributed by atoms with Gasteiger partial charge in [0.1, 0.15) is 5.82 Å². The fraction of sp³-hybridized carbons (Fsp3) is 0.263. The Balaban J connectivity index is 2.21. The first-order valence-corrected chi connectivity index (χ1v) is 7.74. The Kier molecular flexibility index (Phi) is 4.05. The summed E-state index contributed by atoms with van der Waals surface area (Å²) >= 11 is 0. The molecule has 3 heteroatoms. The van der Waals surface area contributed by atoms with E-state index in [1.54, 1.807) is 0 Å². The SMILES string of the molecule is CCC(C)c1nc2ccccc2c(=O)n1Cc1ccccc1. The molecule has 22 heavy (non-hydrogen) atoms. The van der Waals surface area contributed by atoms with Crippen LogP contribution in [0.15, 0.2) is 59.4 Å². The fourth-order valence-corrected chi connectivity index (χ4v) is 2.66. The lowest BCUT2D eigenvalue weighted by atomic mass is 10.1. The van der Waals surface area contributed by atoms with Crippen LogP contribution in [0.25, 0.3) is 10.9 Å². The van der Waals surface area contributed by atoms with Gasteiger partial charge in [0.05, 0.1) is 17.4 Å². The molecule has 0 saturated heterocycles. The van der Waals surface area contributed by atoms with Crippen LogP contribution in [0.2, 0.25) is 0 Å². The third-order valence-corrected chi connectivity index (χ3v) is 4.13. The van der Waals surface area contributed by atoms with Crippen LogP contribution < -0.4 is 5.56 Å². The van der Waals surface area contributed by atoms with Gasteiger partial charge in [0.2, 0.25) is 0 Å². The number of aromatic nitrogens is 2. The van der Waals surface area contributed by atoms with Gasteiger partial charge in [-0.05, 0) is 24.1 Å². The van der Waals surface area contributed by atoms with Crippen molar-refractivity contribution in [1.82, 2.24) is 9.55 Å². The van der Waals surface area contributed by atoms with Gasteiger partial charge >= 0.3 is 0 Å². The van der Waals surface area contributed by atoms with E-state index in [9.17, 15) is 4.79 Å². The van der Waals surface area contributed by atoms with Gasteiger partial charge in [-0.3, -0.25) is 9.36 Å². The summed E-state index contributed by atoms with van der Waals surface area (Å²) in [5, 5.41) is 0.686. The lowest BCUT2D eigenvalue weighted by molar-refractivity contribution is 0.593. The molecule has 112 valence electrons. The molecule has 0 bridgehead atoms. The molecule has 0 saturated carbocycles. The van der Waals surface area contributed by atoms with Crippen LogP contribution >= 0.6 is 0 Å². The maximum Gasteiger partial charge on any atom is 0.261 e. The number of nitrogens with zero attached hydrogens (tertiary/aromatic N) is 2.